The number of hydrogen-bond acceptors (Lipinski definition) is 3. The molecule has 0 radical (unpaired) electrons. The summed E-state index contributed by atoms with van der Waals surface area (Å²) >= 11 is 0. The van der Waals surface area contributed by atoms with E-state index in [0.717, 1.165) is 48.0 Å². The maximum Gasteiger partial charge on any atom is 0.223 e. The number of nitrogens with zero attached hydrogens (tertiary/aromatic N) is 1. The third kappa shape index (κ3) is 2.83. The van der Waals surface area contributed by atoms with Gasteiger partial charge in [-0.25, -0.2) is 4.98 Å². The molecule has 4 rings (SSSR count). The Morgan fingerprint density at radius 1 is 0.870 bits per heavy atom. The van der Waals surface area contributed by atoms with E-state index in [-0.39, 0.29) is 0 Å². The van der Waals surface area contributed by atoms with Crippen LogP contribution in [0.4, 0.5) is 0 Å². The summed E-state index contributed by atoms with van der Waals surface area (Å²) in [4.78, 5) is 4.82. The van der Waals surface area contributed by atoms with Crippen LogP contribution in [0.15, 0.2) is 71.2 Å². The van der Waals surface area contributed by atoms with Crippen LogP contribution in [-0.4, -0.2) is 18.1 Å². The minimum Gasteiger partial charge on any atom is -0.436 e. The third-order valence-corrected chi connectivity index (χ3v) is 4.05. The highest BCUT2D eigenvalue weighted by atomic mass is 16.4. The van der Waals surface area contributed by atoms with E-state index in [1.54, 1.807) is 0 Å². The van der Waals surface area contributed by atoms with Crippen LogP contribution < -0.4 is 5.32 Å². The lowest BCUT2D eigenvalue weighted by Gasteiger charge is -2.10. The first-order valence-corrected chi connectivity index (χ1v) is 7.93. The predicted molar refractivity (Wildman–Crippen MR) is 92.8 cm³/mol. The quantitative estimate of drug-likeness (QED) is 0.780. The minimum atomic E-state index is 0.740. The van der Waals surface area contributed by atoms with Crippen molar-refractivity contribution in [1.82, 2.24) is 10.3 Å². The second-order valence-corrected chi connectivity index (χ2v) is 5.61. The Morgan fingerprint density at radius 2 is 1.57 bits per heavy atom. The van der Waals surface area contributed by atoms with Crippen molar-refractivity contribution in [2.75, 3.05) is 13.1 Å². The molecule has 1 aromatic heterocycles. The number of aromatic nitrogens is 1. The molecular weight excluding hydrogens is 284 g/mol. The summed E-state index contributed by atoms with van der Waals surface area (Å²) in [6, 6.07) is 20.4. The van der Waals surface area contributed by atoms with Gasteiger partial charge in [0.15, 0.2) is 5.76 Å². The van der Waals surface area contributed by atoms with E-state index in [0.29, 0.717) is 0 Å². The van der Waals surface area contributed by atoms with E-state index in [1.807, 2.05) is 36.4 Å². The van der Waals surface area contributed by atoms with Crippen LogP contribution in [0.3, 0.4) is 0 Å². The van der Waals surface area contributed by atoms with Crippen LogP contribution in [0.5, 0.6) is 0 Å². The van der Waals surface area contributed by atoms with E-state index in [1.165, 1.54) is 5.57 Å². The predicted octanol–water partition coefficient (Wildman–Crippen LogP) is 4.39. The molecule has 2 heterocycles. The molecule has 0 saturated heterocycles. The van der Waals surface area contributed by atoms with Crippen molar-refractivity contribution in [2.45, 2.75) is 6.42 Å². The van der Waals surface area contributed by atoms with Gasteiger partial charge in [-0.05, 0) is 13.0 Å². The molecule has 3 heteroatoms. The molecule has 23 heavy (non-hydrogen) atoms. The van der Waals surface area contributed by atoms with Crippen LogP contribution in [-0.2, 0) is 0 Å². The second kappa shape index (κ2) is 6.23. The van der Waals surface area contributed by atoms with Crippen LogP contribution >= 0.6 is 0 Å². The summed E-state index contributed by atoms with van der Waals surface area (Å²) in [6.07, 6.45) is 3.11. The highest BCUT2D eigenvalue weighted by molar-refractivity contribution is 5.78. The van der Waals surface area contributed by atoms with Crippen LogP contribution in [0.25, 0.3) is 28.2 Å². The summed E-state index contributed by atoms with van der Waals surface area (Å²) in [5, 5.41) is 3.32. The lowest BCUT2D eigenvalue weighted by atomic mass is 10.1. The molecule has 3 nitrogen and oxygen atoms in total. The molecule has 0 saturated carbocycles. The number of rotatable bonds is 3. The summed E-state index contributed by atoms with van der Waals surface area (Å²) in [7, 11) is 0. The van der Waals surface area contributed by atoms with Crippen LogP contribution in [0, 0.1) is 0 Å². The maximum atomic E-state index is 6.19. The zero-order valence-corrected chi connectivity index (χ0v) is 12.8. The number of hydrogen-bond donors (Lipinski definition) is 1. The monoisotopic (exact) mass is 302 g/mol. The van der Waals surface area contributed by atoms with Crippen LogP contribution in [0.2, 0.25) is 0 Å². The molecule has 0 spiro atoms. The van der Waals surface area contributed by atoms with Gasteiger partial charge in [0.2, 0.25) is 5.89 Å². The molecule has 1 N–H and O–H groups in total. The fraction of sp³-hybridized carbons (Fsp3) is 0.150. The van der Waals surface area contributed by atoms with Gasteiger partial charge in [0, 0.05) is 23.2 Å². The van der Waals surface area contributed by atoms with E-state index in [2.05, 4.69) is 35.7 Å². The van der Waals surface area contributed by atoms with Gasteiger partial charge in [0.05, 0.1) is 0 Å². The zero-order chi connectivity index (χ0) is 15.5. The van der Waals surface area contributed by atoms with Gasteiger partial charge < -0.3 is 9.73 Å². The Labute approximate surface area is 135 Å². The normalized spacial score (nSPS) is 14.5. The van der Waals surface area contributed by atoms with Crippen molar-refractivity contribution >= 4 is 5.57 Å². The Bertz CT molecular complexity index is 762. The van der Waals surface area contributed by atoms with E-state index < -0.39 is 0 Å². The number of benzene rings is 2. The van der Waals surface area contributed by atoms with Gasteiger partial charge in [-0.15, -0.1) is 0 Å². The highest BCUT2D eigenvalue weighted by Gasteiger charge is 2.19. The lowest BCUT2D eigenvalue weighted by molar-refractivity contribution is 0.548. The second-order valence-electron chi connectivity index (χ2n) is 5.61. The maximum absolute atomic E-state index is 6.19. The van der Waals surface area contributed by atoms with Gasteiger partial charge in [0.1, 0.15) is 5.69 Å². The fourth-order valence-electron chi connectivity index (χ4n) is 2.85. The fourth-order valence-corrected chi connectivity index (χ4v) is 2.85. The highest BCUT2D eigenvalue weighted by Crippen LogP contribution is 2.35. The molecule has 0 aliphatic carbocycles. The summed E-state index contributed by atoms with van der Waals surface area (Å²) in [5.41, 5.74) is 4.23. The number of oxazole rings is 1. The topological polar surface area (TPSA) is 38.1 Å². The van der Waals surface area contributed by atoms with Gasteiger partial charge >= 0.3 is 0 Å². The molecule has 1 aliphatic rings. The van der Waals surface area contributed by atoms with E-state index in [4.69, 9.17) is 9.40 Å². The van der Waals surface area contributed by atoms with Gasteiger partial charge in [-0.3, -0.25) is 0 Å². The third-order valence-electron chi connectivity index (χ3n) is 4.05. The van der Waals surface area contributed by atoms with Crippen LogP contribution in [0.1, 0.15) is 12.3 Å². The molecular formula is C20H18N2O. The van der Waals surface area contributed by atoms with Gasteiger partial charge in [-0.2, -0.15) is 0 Å². The average molecular weight is 302 g/mol. The minimum absolute atomic E-state index is 0.740. The molecule has 3 aromatic rings. The van der Waals surface area contributed by atoms with Crippen molar-refractivity contribution in [3.8, 4) is 22.6 Å². The molecule has 0 amide bonds. The van der Waals surface area contributed by atoms with Gasteiger partial charge in [-0.1, -0.05) is 66.7 Å². The molecule has 2 aromatic carbocycles. The Hall–Kier alpha value is -2.65. The molecule has 1 aliphatic heterocycles. The molecule has 0 bridgehead atoms. The smallest absolute Gasteiger partial charge is 0.223 e. The zero-order valence-electron chi connectivity index (χ0n) is 12.8. The molecule has 0 fully saturated rings. The number of nitrogens with one attached hydrogen (secondary N) is 1. The first kappa shape index (κ1) is 14.0. The average Bonchev–Trinajstić information content (AvgIpc) is 3.09. The van der Waals surface area contributed by atoms with Crippen molar-refractivity contribution in [1.29, 1.82) is 0 Å². The van der Waals surface area contributed by atoms with Crippen molar-refractivity contribution in [3.63, 3.8) is 0 Å². The SMILES string of the molecule is C1=C(c2nc(-c3ccccc3)c(-c3ccccc3)o2)CCNC1. The first-order chi connectivity index (χ1) is 11.4. The summed E-state index contributed by atoms with van der Waals surface area (Å²) in [5.74, 6) is 1.58. The van der Waals surface area contributed by atoms with Gasteiger partial charge in [0.25, 0.3) is 0 Å². The van der Waals surface area contributed by atoms with E-state index in [9.17, 15) is 0 Å². The Kier molecular flexibility index (Phi) is 3.78. The first-order valence-electron chi connectivity index (χ1n) is 7.93. The largest absolute Gasteiger partial charge is 0.436 e. The van der Waals surface area contributed by atoms with Crippen molar-refractivity contribution < 1.29 is 4.42 Å². The summed E-state index contributed by atoms with van der Waals surface area (Å²) < 4.78 is 6.19. The standard InChI is InChI=1S/C20H18N2O/c1-3-7-15(8-4-1)18-19(16-9-5-2-6-10-16)23-20(22-18)17-11-13-21-14-12-17/h1-11,21H,12-14H2. The molecule has 114 valence electrons. The summed E-state index contributed by atoms with van der Waals surface area (Å²) in [6.45, 7) is 1.84. The lowest BCUT2D eigenvalue weighted by Crippen LogP contribution is -2.20. The van der Waals surface area contributed by atoms with Crippen molar-refractivity contribution in [2.24, 2.45) is 0 Å². The van der Waals surface area contributed by atoms with E-state index >= 15 is 0 Å². The Morgan fingerprint density at radius 3 is 2.22 bits per heavy atom. The molecule has 0 unspecified atom stereocenters. The van der Waals surface area contributed by atoms with Crippen molar-refractivity contribution in [3.05, 3.63) is 72.6 Å². The molecule has 0 atom stereocenters. The Balaban J connectivity index is 1.86.